The van der Waals surface area contributed by atoms with Crippen molar-refractivity contribution in [1.29, 1.82) is 0 Å². The first-order valence-electron chi connectivity index (χ1n) is 18.7. The molecule has 6 heteroatoms. The maximum Gasteiger partial charge on any atom is 0.136 e. The standard InChI is InChI=1S/C21H22N4.C13H27N.C8H9N.C2H6/c1-14(16-7-5-4-6-8-16)17-9-11-18(12-10-17)20(23-3)19-15(2)24-13-25-21(19)22;1-4-10-14(11-5-2)13-8-6-12(3)7-9-13;1-7(2)8-4-3-5-9-6-8;1-2/h4-14H,1-3H3,(H2,22,24,25);12-13H,4-11H2,1-3H3;3-6H,1H2,2H3;1-2H3. The smallest absolute Gasteiger partial charge is 0.136 e. The predicted molar refractivity (Wildman–Crippen MR) is 217 cm³/mol. The van der Waals surface area contributed by atoms with Gasteiger partial charge in [0.1, 0.15) is 12.1 Å². The number of nitrogens with zero attached hydrogens (tertiary/aromatic N) is 5. The minimum Gasteiger partial charge on any atom is -0.383 e. The number of nitrogen functional groups attached to an aromatic ring is 1. The van der Waals surface area contributed by atoms with Crippen LogP contribution >= 0.6 is 0 Å². The molecule has 0 spiro atoms. The van der Waals surface area contributed by atoms with Crippen molar-refractivity contribution in [3.63, 3.8) is 0 Å². The van der Waals surface area contributed by atoms with Crippen LogP contribution in [0.25, 0.3) is 5.57 Å². The lowest BCUT2D eigenvalue weighted by Gasteiger charge is -2.35. The van der Waals surface area contributed by atoms with Crippen LogP contribution in [0.1, 0.15) is 126 Å². The van der Waals surface area contributed by atoms with Gasteiger partial charge in [-0.2, -0.15) is 0 Å². The van der Waals surface area contributed by atoms with E-state index in [-0.39, 0.29) is 0 Å². The van der Waals surface area contributed by atoms with Gasteiger partial charge in [0.2, 0.25) is 0 Å². The van der Waals surface area contributed by atoms with Crippen LogP contribution in [0.4, 0.5) is 5.82 Å². The van der Waals surface area contributed by atoms with Gasteiger partial charge in [-0.05, 0) is 99.7 Å². The molecule has 1 saturated carbocycles. The maximum atomic E-state index is 6.06. The zero-order valence-corrected chi connectivity index (χ0v) is 32.5. The summed E-state index contributed by atoms with van der Waals surface area (Å²) >= 11 is 0. The molecule has 4 aromatic rings. The van der Waals surface area contributed by atoms with E-state index in [1.54, 1.807) is 13.2 Å². The average molecular weight is 677 g/mol. The summed E-state index contributed by atoms with van der Waals surface area (Å²) < 4.78 is 0. The topological polar surface area (TPSA) is 80.3 Å². The van der Waals surface area contributed by atoms with Crippen molar-refractivity contribution in [2.24, 2.45) is 10.9 Å². The summed E-state index contributed by atoms with van der Waals surface area (Å²) in [5.41, 5.74) is 14.2. The van der Waals surface area contributed by atoms with Gasteiger partial charge >= 0.3 is 0 Å². The second-order valence-electron chi connectivity index (χ2n) is 13.0. The van der Waals surface area contributed by atoms with E-state index < -0.39 is 0 Å². The molecular weight excluding hydrogens is 613 g/mol. The molecule has 0 aliphatic heterocycles. The summed E-state index contributed by atoms with van der Waals surface area (Å²) in [6.07, 6.45) is 13.5. The van der Waals surface area contributed by atoms with Gasteiger partial charge in [0.25, 0.3) is 0 Å². The summed E-state index contributed by atoms with van der Waals surface area (Å²) in [6.45, 7) is 23.5. The molecule has 270 valence electrons. The first-order chi connectivity index (χ1) is 24.2. The fourth-order valence-corrected chi connectivity index (χ4v) is 6.31. The number of aryl methyl sites for hydroxylation is 1. The van der Waals surface area contributed by atoms with Crippen LogP contribution < -0.4 is 5.73 Å². The molecule has 0 bridgehead atoms. The first kappa shape index (κ1) is 42.0. The number of allylic oxidation sites excluding steroid dienone is 1. The van der Waals surface area contributed by atoms with Crippen LogP contribution in [0.5, 0.6) is 0 Å². The molecule has 2 N–H and O–H groups in total. The van der Waals surface area contributed by atoms with Crippen molar-refractivity contribution in [2.45, 2.75) is 106 Å². The zero-order valence-electron chi connectivity index (χ0n) is 32.5. The van der Waals surface area contributed by atoms with Crippen LogP contribution in [0, 0.1) is 12.8 Å². The minimum absolute atomic E-state index is 0.337. The molecule has 2 aromatic carbocycles. The van der Waals surface area contributed by atoms with Crippen molar-refractivity contribution in [1.82, 2.24) is 19.9 Å². The van der Waals surface area contributed by atoms with E-state index in [9.17, 15) is 0 Å². The van der Waals surface area contributed by atoms with Gasteiger partial charge in [0.15, 0.2) is 0 Å². The summed E-state index contributed by atoms with van der Waals surface area (Å²) in [5.74, 6) is 1.77. The molecular formula is C44H64N6. The Labute approximate surface area is 304 Å². The molecule has 0 amide bonds. The Bertz CT molecular complexity index is 1500. The van der Waals surface area contributed by atoms with E-state index in [0.717, 1.165) is 45.6 Å². The average Bonchev–Trinajstić information content (AvgIpc) is 3.15. The summed E-state index contributed by atoms with van der Waals surface area (Å²) in [4.78, 5) is 19.5. The number of nitrogens with two attached hydrogens (primary N) is 1. The maximum absolute atomic E-state index is 6.06. The molecule has 5 rings (SSSR count). The lowest BCUT2D eigenvalue weighted by atomic mass is 9.86. The van der Waals surface area contributed by atoms with E-state index in [0.29, 0.717) is 11.7 Å². The van der Waals surface area contributed by atoms with E-state index in [2.05, 4.69) is 108 Å². The Morgan fingerprint density at radius 2 is 1.48 bits per heavy atom. The molecule has 2 aromatic heterocycles. The van der Waals surface area contributed by atoms with Crippen LogP contribution in [0.2, 0.25) is 0 Å². The van der Waals surface area contributed by atoms with E-state index >= 15 is 0 Å². The molecule has 1 unspecified atom stereocenters. The lowest BCUT2D eigenvalue weighted by molar-refractivity contribution is 0.140. The van der Waals surface area contributed by atoms with Crippen molar-refractivity contribution in [3.05, 3.63) is 126 Å². The van der Waals surface area contributed by atoms with Gasteiger partial charge in [-0.25, -0.2) is 9.97 Å². The Morgan fingerprint density at radius 3 is 1.96 bits per heavy atom. The van der Waals surface area contributed by atoms with E-state index in [4.69, 9.17) is 5.73 Å². The van der Waals surface area contributed by atoms with Gasteiger partial charge in [0, 0.05) is 37.0 Å². The fourth-order valence-electron chi connectivity index (χ4n) is 6.31. The van der Waals surface area contributed by atoms with Gasteiger partial charge in [0.05, 0.1) is 17.0 Å². The highest BCUT2D eigenvalue weighted by molar-refractivity contribution is 6.15. The Balaban J connectivity index is 0.000000291. The van der Waals surface area contributed by atoms with Gasteiger partial charge in [-0.3, -0.25) is 9.98 Å². The third-order valence-electron chi connectivity index (χ3n) is 9.19. The molecule has 0 radical (unpaired) electrons. The Hall–Kier alpha value is -4.16. The molecule has 2 heterocycles. The van der Waals surface area contributed by atoms with Crippen LogP contribution in [0.3, 0.4) is 0 Å². The quantitative estimate of drug-likeness (QED) is 0.169. The monoisotopic (exact) mass is 677 g/mol. The number of aromatic nitrogens is 3. The van der Waals surface area contributed by atoms with Gasteiger partial charge < -0.3 is 10.6 Å². The number of rotatable bonds is 10. The lowest BCUT2D eigenvalue weighted by Crippen LogP contribution is -2.38. The molecule has 1 aliphatic carbocycles. The summed E-state index contributed by atoms with van der Waals surface area (Å²) in [6, 6.07) is 23.8. The highest BCUT2D eigenvalue weighted by Gasteiger charge is 2.22. The molecule has 1 atom stereocenters. The number of hydrogen-bond donors (Lipinski definition) is 1. The third-order valence-corrected chi connectivity index (χ3v) is 9.19. The second-order valence-corrected chi connectivity index (χ2v) is 13.0. The first-order valence-corrected chi connectivity index (χ1v) is 18.7. The molecule has 1 aliphatic rings. The minimum atomic E-state index is 0.337. The Morgan fingerprint density at radius 1 is 0.880 bits per heavy atom. The summed E-state index contributed by atoms with van der Waals surface area (Å²) in [7, 11) is 1.77. The molecule has 6 nitrogen and oxygen atoms in total. The fraction of sp³-hybridized carbons (Fsp3) is 0.455. The van der Waals surface area contributed by atoms with Gasteiger partial charge in [-0.1, -0.05) is 109 Å². The highest BCUT2D eigenvalue weighted by atomic mass is 15.1. The zero-order chi connectivity index (χ0) is 36.9. The van der Waals surface area contributed by atoms with Crippen molar-refractivity contribution >= 4 is 17.1 Å². The van der Waals surface area contributed by atoms with Crippen LogP contribution in [0.15, 0.2) is 97.0 Å². The molecule has 1 fully saturated rings. The van der Waals surface area contributed by atoms with Crippen molar-refractivity contribution < 1.29 is 0 Å². The van der Waals surface area contributed by atoms with Crippen molar-refractivity contribution in [2.75, 3.05) is 25.9 Å². The van der Waals surface area contributed by atoms with E-state index in [1.165, 1.54) is 69.1 Å². The second kappa shape index (κ2) is 23.3. The number of benzene rings is 2. The number of hydrogen-bond acceptors (Lipinski definition) is 6. The third kappa shape index (κ3) is 13.3. The number of anilines is 1. The normalized spacial score (nSPS) is 16.1. The van der Waals surface area contributed by atoms with E-state index in [1.807, 2.05) is 52.1 Å². The Kier molecular flexibility index (Phi) is 19.6. The highest BCUT2D eigenvalue weighted by Crippen LogP contribution is 2.28. The predicted octanol–water partition coefficient (Wildman–Crippen LogP) is 10.8. The SMILES string of the molecule is C=C(C)c1cccnc1.CC.CCCN(CCC)C1CCC(C)CC1.CN=C(c1ccc(C(C)c2ccccc2)cc1)c1c(C)ncnc1N. The number of pyridine rings is 1. The molecule has 0 saturated heterocycles. The molecule has 50 heavy (non-hydrogen) atoms. The van der Waals surface area contributed by atoms with Crippen molar-refractivity contribution in [3.8, 4) is 0 Å². The number of aliphatic imine (C=N–C) groups is 1. The van der Waals surface area contributed by atoms with Gasteiger partial charge in [-0.15, -0.1) is 0 Å². The van der Waals surface area contributed by atoms with Crippen LogP contribution in [-0.2, 0) is 0 Å². The summed E-state index contributed by atoms with van der Waals surface area (Å²) in [5, 5.41) is 0. The van der Waals surface area contributed by atoms with Crippen LogP contribution in [-0.4, -0.2) is 51.7 Å². The largest absolute Gasteiger partial charge is 0.383 e.